The van der Waals surface area contributed by atoms with Crippen LogP contribution in [0.1, 0.15) is 0 Å². The molecule has 0 aromatic rings. The molecule has 24 nitrogen and oxygen atoms in total. The average molecular weight is 1240 g/mol. The molecule has 0 bridgehead atoms. The van der Waals surface area contributed by atoms with Gasteiger partial charge < -0.3 is 0 Å². The van der Waals surface area contributed by atoms with E-state index in [1.54, 1.807) is 0 Å². The Labute approximate surface area is 225 Å². The molecule has 32 heavy (non-hydrogen) atoms. The molecule has 0 fully saturated rings. The van der Waals surface area contributed by atoms with Gasteiger partial charge in [0.15, 0.2) is 0 Å². The van der Waals surface area contributed by atoms with E-state index in [0.717, 1.165) is 0 Å². The molecule has 0 aliphatic heterocycles. The zero-order valence-electron chi connectivity index (χ0n) is 13.1. The van der Waals surface area contributed by atoms with Gasteiger partial charge in [-0.05, 0) is 0 Å². The van der Waals surface area contributed by atoms with Crippen LogP contribution in [0.4, 0.5) is 0 Å². The van der Waals surface area contributed by atoms with E-state index in [1.807, 2.05) is 0 Å². The molecule has 0 radical (unpaired) electrons. The van der Waals surface area contributed by atoms with Crippen LogP contribution in [0.2, 0.25) is 0 Å². The Hall–Kier alpha value is 2.63. The first kappa shape index (κ1) is 55.2. The van der Waals surface area contributed by atoms with Gasteiger partial charge in [0.1, 0.15) is 0 Å². The maximum absolute atomic E-state index is 8.63. The van der Waals surface area contributed by atoms with Gasteiger partial charge in [0, 0.05) is 42.1 Å². The molecular weight excluding hydrogens is 1240 g/mol. The maximum Gasteiger partial charge on any atom is 0 e. The molecule has 0 aliphatic carbocycles. The summed E-state index contributed by atoms with van der Waals surface area (Å²) in [5.74, 6) is 0. The molecule has 0 saturated heterocycles. The summed E-state index contributed by atoms with van der Waals surface area (Å²) in [6, 6.07) is 0. The summed E-state index contributed by atoms with van der Waals surface area (Å²) in [4.78, 5) is 0. The molecule has 0 aromatic heterocycles. The number of rotatable bonds is 0. The Morgan fingerprint density at radius 1 is 0.250 bits per heavy atom. The average Bonchev–Trinajstić information content (AvgIpc) is 1.94. The zero-order chi connectivity index (χ0) is 27.0. The second kappa shape index (κ2) is 24.0. The Balaban J connectivity index is -0.0000000356. The van der Waals surface area contributed by atoms with Crippen LogP contribution in [0, 0.1) is 0 Å². The van der Waals surface area contributed by atoms with E-state index in [0.29, 0.717) is 0 Å². The summed E-state index contributed by atoms with van der Waals surface area (Å²) >= 11 is -36.1. The third-order valence-corrected chi connectivity index (χ3v) is 0. The number of hydrogen-bond donors (Lipinski definition) is 0. The fourth-order valence-corrected chi connectivity index (χ4v) is 0. The minimum absolute atomic E-state index is 0. The van der Waals surface area contributed by atoms with Gasteiger partial charge in [-0.25, -0.2) is 0 Å². The van der Waals surface area contributed by atoms with Crippen molar-refractivity contribution in [1.82, 2.24) is 0 Å². The largest absolute Gasteiger partial charge is 0 e. The molecule has 0 heterocycles. The van der Waals surface area contributed by atoms with Gasteiger partial charge in [-0.2, -0.15) is 0 Å². The van der Waals surface area contributed by atoms with E-state index < -0.39 is 100 Å². The summed E-state index contributed by atoms with van der Waals surface area (Å²) in [6.07, 6.45) is 0. The van der Waals surface area contributed by atoms with Crippen LogP contribution >= 0.6 is 0 Å². The normalized spacial score (nSPS) is 10.9. The minimum Gasteiger partial charge on any atom is 0 e. The van der Waals surface area contributed by atoms with Gasteiger partial charge in [0.25, 0.3) is 0 Å². The summed E-state index contributed by atoms with van der Waals surface area (Å²) in [5, 5.41) is 0. The second-order valence-electron chi connectivity index (χ2n) is 2.45. The van der Waals surface area contributed by atoms with Gasteiger partial charge in [-0.1, -0.05) is 0 Å². The molecular formula is Mo7O24W-12. The first-order valence-corrected chi connectivity index (χ1v) is 23.7. The van der Waals surface area contributed by atoms with Crippen molar-refractivity contribution in [3.8, 4) is 0 Å². The van der Waals surface area contributed by atoms with Crippen LogP contribution in [0.3, 0.4) is 0 Å². The molecule has 0 spiro atoms. The van der Waals surface area contributed by atoms with Crippen molar-refractivity contribution in [2.75, 3.05) is 0 Å². The van der Waals surface area contributed by atoms with Crippen LogP contribution in [0.15, 0.2) is 0 Å². The zero-order valence-corrected chi connectivity index (χ0v) is 30.0. The fourth-order valence-electron chi connectivity index (χ4n) is 0. The van der Waals surface area contributed by atoms with Crippen molar-refractivity contribution in [3.05, 3.63) is 0 Å². The standard InChI is InChI=1S/7Mo.24O.W/q;;;;;;;;;;;;;;;;;;;12*-1;. The van der Waals surface area contributed by atoms with Crippen LogP contribution in [-0.4, -0.2) is 0 Å². The van der Waals surface area contributed by atoms with Gasteiger partial charge in [0.2, 0.25) is 0 Å². The molecule has 32 heteroatoms. The molecule has 0 amide bonds. The van der Waals surface area contributed by atoms with Crippen molar-refractivity contribution in [3.63, 3.8) is 0 Å². The van der Waals surface area contributed by atoms with Crippen LogP contribution < -0.4 is 45.1 Å². The molecule has 0 saturated carbocycles. The molecule has 0 aliphatic rings. The molecule has 0 rings (SSSR count). The Morgan fingerprint density at radius 3 is 0.250 bits per heavy atom. The Kier molecular flexibility index (Phi) is 41.4. The van der Waals surface area contributed by atoms with Crippen molar-refractivity contribution in [2.24, 2.45) is 0 Å². The molecule has 0 aromatic carbocycles. The maximum atomic E-state index is 8.63. The number of hydrogen-bond acceptors (Lipinski definition) is 24. The third kappa shape index (κ3) is 4730. The monoisotopic (exact) mass is 1250 g/mol. The van der Waals surface area contributed by atoms with Crippen molar-refractivity contribution < 1.29 is 228 Å². The van der Waals surface area contributed by atoms with Crippen LogP contribution in [0.5, 0.6) is 0 Å². The predicted octanol–water partition coefficient (Wildman–Crippen LogP) is -15.7. The smallest absolute Gasteiger partial charge is 0 e. The van der Waals surface area contributed by atoms with Gasteiger partial charge in [-0.3, -0.25) is 0 Å². The first-order valence-electron chi connectivity index (χ1n) is 4.00. The Morgan fingerprint density at radius 2 is 0.250 bits per heavy atom. The van der Waals surface area contributed by atoms with Gasteiger partial charge >= 0.3 is 186 Å². The minimum atomic E-state index is -6.02. The van der Waals surface area contributed by atoms with E-state index in [2.05, 4.69) is 0 Å². The quantitative estimate of drug-likeness (QED) is 0.203. The molecule has 204 valence electrons. The van der Waals surface area contributed by atoms with Crippen molar-refractivity contribution >= 4 is 0 Å². The summed E-state index contributed by atoms with van der Waals surface area (Å²) in [6.45, 7) is 0. The fraction of sp³-hybridized carbons (Fsp3) is 0. The molecule has 0 N–H and O–H groups in total. The van der Waals surface area contributed by atoms with E-state index in [9.17, 15) is 0 Å². The predicted molar refractivity (Wildman–Crippen MR) is 8.24 cm³/mol. The first-order chi connectivity index (χ1) is 12.0. The summed E-state index contributed by atoms with van der Waals surface area (Å²) in [7, 11) is 0. The third-order valence-electron chi connectivity index (χ3n) is 0. The summed E-state index contributed by atoms with van der Waals surface area (Å²) in [5.41, 5.74) is 0. The molecule has 0 unspecified atom stereocenters. The van der Waals surface area contributed by atoms with Crippen molar-refractivity contribution in [1.29, 1.82) is 0 Å². The SMILES string of the molecule is [Mo].[O]=[Mo](=[O])([O-])[O-].[O]=[Mo](=[O])([O-])[O-].[O]=[Mo](=[O])([O-])[O-].[O]=[Mo](=[O])([O-])[O-].[O]=[Mo](=[O])([O-])[O-].[O]=[Mo](=[O])([O-])[O-].[W]. The van der Waals surface area contributed by atoms with E-state index in [4.69, 9.17) is 85.9 Å². The van der Waals surface area contributed by atoms with Gasteiger partial charge in [0.05, 0.1) is 0 Å². The summed E-state index contributed by atoms with van der Waals surface area (Å²) < 4.78 is 207. The van der Waals surface area contributed by atoms with Crippen LogP contribution in [-0.2, 0) is 183 Å². The van der Waals surface area contributed by atoms with E-state index in [-0.39, 0.29) is 42.1 Å². The Bertz CT molecular complexity index is 762. The van der Waals surface area contributed by atoms with Gasteiger partial charge in [-0.15, -0.1) is 0 Å². The topological polar surface area (TPSA) is 482 Å². The second-order valence-corrected chi connectivity index (χ2v) is 14.5. The van der Waals surface area contributed by atoms with E-state index >= 15 is 0 Å². The van der Waals surface area contributed by atoms with Crippen LogP contribution in [0.25, 0.3) is 0 Å². The van der Waals surface area contributed by atoms with E-state index in [1.165, 1.54) is 0 Å². The molecule has 0 atom stereocenters. The van der Waals surface area contributed by atoms with Crippen molar-refractivity contribution in [2.45, 2.75) is 0 Å².